The fourth-order valence-electron chi connectivity index (χ4n) is 1.15. The first-order valence-corrected chi connectivity index (χ1v) is 5.97. The quantitative estimate of drug-likeness (QED) is 0.787. The maximum absolute atomic E-state index is 13.3. The van der Waals surface area contributed by atoms with E-state index in [4.69, 9.17) is 0 Å². The molecule has 0 fully saturated rings. The number of hydrogen-bond acceptors (Lipinski definition) is 3. The van der Waals surface area contributed by atoms with E-state index in [2.05, 4.69) is 10.2 Å². The lowest BCUT2D eigenvalue weighted by atomic mass is 10.1. The Morgan fingerprint density at radius 3 is 2.73 bits per heavy atom. The largest absolute Gasteiger partial charge is 0.204 e. The van der Waals surface area contributed by atoms with Gasteiger partial charge in [-0.25, -0.2) is 8.78 Å². The van der Waals surface area contributed by atoms with Crippen molar-refractivity contribution in [2.45, 2.75) is 6.42 Å². The first-order valence-electron chi connectivity index (χ1n) is 4.07. The highest BCUT2D eigenvalue weighted by atomic mass is 127. The van der Waals surface area contributed by atoms with Gasteiger partial charge in [-0.05, 0) is 34.2 Å². The molecule has 0 spiro atoms. The first-order chi connectivity index (χ1) is 7.16. The predicted octanol–water partition coefficient (Wildman–Crippen LogP) is 3.01. The number of nitrogens with zero attached hydrogens (tertiary/aromatic N) is 2. The minimum Gasteiger partial charge on any atom is -0.204 e. The van der Waals surface area contributed by atoms with Crippen molar-refractivity contribution < 1.29 is 8.78 Å². The molecule has 6 heteroatoms. The van der Waals surface area contributed by atoms with E-state index in [0.29, 0.717) is 10.6 Å². The molecule has 0 unspecified atom stereocenters. The first kappa shape index (κ1) is 10.9. The molecule has 2 nitrogen and oxygen atoms in total. The standard InChI is InChI=1S/C9H5F2IN2S/c10-6-3-1-2-5(8(6)11)4-7-13-14-9(12)15-7/h1-3H,4H2. The van der Waals surface area contributed by atoms with Crippen molar-refractivity contribution in [1.29, 1.82) is 0 Å². The molecule has 2 aromatic rings. The second-order valence-electron chi connectivity index (χ2n) is 2.84. The van der Waals surface area contributed by atoms with Crippen LogP contribution in [0.3, 0.4) is 0 Å². The zero-order valence-corrected chi connectivity index (χ0v) is 10.3. The Labute approximate surface area is 102 Å². The third-order valence-corrected chi connectivity index (χ3v) is 3.40. The van der Waals surface area contributed by atoms with Crippen LogP contribution in [0.5, 0.6) is 0 Å². The molecule has 1 aromatic heterocycles. The van der Waals surface area contributed by atoms with E-state index in [9.17, 15) is 8.78 Å². The summed E-state index contributed by atoms with van der Waals surface area (Å²) < 4.78 is 26.9. The Bertz CT molecular complexity index is 487. The summed E-state index contributed by atoms with van der Waals surface area (Å²) >= 11 is 3.41. The Morgan fingerprint density at radius 2 is 2.07 bits per heavy atom. The van der Waals surface area contributed by atoms with E-state index in [-0.39, 0.29) is 6.42 Å². The van der Waals surface area contributed by atoms with E-state index < -0.39 is 11.6 Å². The molecule has 78 valence electrons. The molecule has 0 aliphatic heterocycles. The van der Waals surface area contributed by atoms with Crippen LogP contribution in [0.2, 0.25) is 0 Å². The zero-order chi connectivity index (χ0) is 10.8. The van der Waals surface area contributed by atoms with Gasteiger partial charge in [0.2, 0.25) is 0 Å². The Kier molecular flexibility index (Phi) is 3.25. The van der Waals surface area contributed by atoms with Gasteiger partial charge in [-0.1, -0.05) is 23.5 Å². The summed E-state index contributed by atoms with van der Waals surface area (Å²) in [6, 6.07) is 4.13. The van der Waals surface area contributed by atoms with Crippen molar-refractivity contribution in [2.75, 3.05) is 0 Å². The smallest absolute Gasteiger partial charge is 0.178 e. The van der Waals surface area contributed by atoms with E-state index in [1.54, 1.807) is 6.07 Å². The normalized spacial score (nSPS) is 10.6. The molecule has 1 heterocycles. The lowest BCUT2D eigenvalue weighted by Crippen LogP contribution is -1.95. The molecule has 0 aliphatic rings. The summed E-state index contributed by atoms with van der Waals surface area (Å²) in [6.07, 6.45) is 0.282. The van der Waals surface area contributed by atoms with Gasteiger partial charge < -0.3 is 0 Å². The molecule has 0 N–H and O–H groups in total. The third kappa shape index (κ3) is 2.49. The highest BCUT2D eigenvalue weighted by molar-refractivity contribution is 14.1. The van der Waals surface area contributed by atoms with Gasteiger partial charge in [-0.15, -0.1) is 10.2 Å². The lowest BCUT2D eigenvalue weighted by molar-refractivity contribution is 0.500. The van der Waals surface area contributed by atoms with Crippen LogP contribution in [0, 0.1) is 14.6 Å². The van der Waals surface area contributed by atoms with Crippen LogP contribution in [0.1, 0.15) is 10.6 Å². The van der Waals surface area contributed by atoms with Gasteiger partial charge >= 0.3 is 0 Å². The van der Waals surface area contributed by atoms with Gasteiger partial charge in [0.15, 0.2) is 14.6 Å². The van der Waals surface area contributed by atoms with E-state index in [1.807, 2.05) is 22.6 Å². The van der Waals surface area contributed by atoms with Crippen LogP contribution in [-0.4, -0.2) is 10.2 Å². The minimum atomic E-state index is -0.827. The number of hydrogen-bond donors (Lipinski definition) is 0. The Morgan fingerprint density at radius 1 is 1.27 bits per heavy atom. The molecule has 0 radical (unpaired) electrons. The van der Waals surface area contributed by atoms with Gasteiger partial charge in [0.05, 0.1) is 0 Å². The van der Waals surface area contributed by atoms with Crippen LogP contribution in [0.4, 0.5) is 8.78 Å². The highest BCUT2D eigenvalue weighted by Crippen LogP contribution is 2.19. The maximum Gasteiger partial charge on any atom is 0.178 e. The number of halogens is 3. The molecule has 0 saturated carbocycles. The molecule has 0 bridgehead atoms. The Balaban J connectivity index is 2.28. The van der Waals surface area contributed by atoms with Gasteiger partial charge in [0, 0.05) is 6.42 Å². The van der Waals surface area contributed by atoms with Crippen molar-refractivity contribution >= 4 is 33.9 Å². The predicted molar refractivity (Wildman–Crippen MR) is 61.8 cm³/mol. The summed E-state index contributed by atoms with van der Waals surface area (Å²) in [5.41, 5.74) is 0.308. The van der Waals surface area contributed by atoms with Crippen LogP contribution < -0.4 is 0 Å². The minimum absolute atomic E-state index is 0.282. The fraction of sp³-hybridized carbons (Fsp3) is 0.111. The van der Waals surface area contributed by atoms with Gasteiger partial charge in [0.1, 0.15) is 5.01 Å². The molecule has 0 saturated heterocycles. The molecule has 2 rings (SSSR count). The van der Waals surface area contributed by atoms with Crippen molar-refractivity contribution in [3.05, 3.63) is 43.4 Å². The fourth-order valence-corrected chi connectivity index (χ4v) is 2.61. The molecular weight excluding hydrogens is 333 g/mol. The summed E-state index contributed by atoms with van der Waals surface area (Å²) in [5, 5.41) is 8.34. The zero-order valence-electron chi connectivity index (χ0n) is 7.38. The molecular formula is C9H5F2IN2S. The monoisotopic (exact) mass is 338 g/mol. The van der Waals surface area contributed by atoms with E-state index in [1.165, 1.54) is 17.4 Å². The molecule has 0 aliphatic carbocycles. The molecule has 0 atom stereocenters. The van der Waals surface area contributed by atoms with Gasteiger partial charge in [-0.2, -0.15) is 0 Å². The Hall–Kier alpha value is -0.630. The third-order valence-electron chi connectivity index (χ3n) is 1.82. The topological polar surface area (TPSA) is 25.8 Å². The van der Waals surface area contributed by atoms with Crippen LogP contribution in [-0.2, 0) is 6.42 Å². The second-order valence-corrected chi connectivity index (χ2v) is 5.65. The number of aromatic nitrogens is 2. The number of benzene rings is 1. The summed E-state index contributed by atoms with van der Waals surface area (Å²) in [4.78, 5) is 0. The van der Waals surface area contributed by atoms with Crippen LogP contribution in [0.15, 0.2) is 18.2 Å². The molecule has 1 aromatic carbocycles. The van der Waals surface area contributed by atoms with Crippen molar-refractivity contribution in [1.82, 2.24) is 10.2 Å². The average molecular weight is 338 g/mol. The van der Waals surface area contributed by atoms with E-state index >= 15 is 0 Å². The molecule has 0 amide bonds. The average Bonchev–Trinajstić information content (AvgIpc) is 2.59. The van der Waals surface area contributed by atoms with Crippen LogP contribution >= 0.6 is 33.9 Å². The van der Waals surface area contributed by atoms with Crippen molar-refractivity contribution in [2.24, 2.45) is 0 Å². The van der Waals surface area contributed by atoms with Crippen molar-refractivity contribution in [3.8, 4) is 0 Å². The van der Waals surface area contributed by atoms with Crippen molar-refractivity contribution in [3.63, 3.8) is 0 Å². The molecule has 15 heavy (non-hydrogen) atoms. The lowest BCUT2D eigenvalue weighted by Gasteiger charge is -2.00. The SMILES string of the molecule is Fc1cccc(Cc2nnc(I)s2)c1F. The van der Waals surface area contributed by atoms with E-state index in [0.717, 1.165) is 9.08 Å². The highest BCUT2D eigenvalue weighted by Gasteiger charge is 2.10. The van der Waals surface area contributed by atoms with Gasteiger partial charge in [-0.3, -0.25) is 0 Å². The van der Waals surface area contributed by atoms with Crippen LogP contribution in [0.25, 0.3) is 0 Å². The number of rotatable bonds is 2. The second kappa shape index (κ2) is 4.48. The summed E-state index contributed by atoms with van der Waals surface area (Å²) in [6.45, 7) is 0. The summed E-state index contributed by atoms with van der Waals surface area (Å²) in [5.74, 6) is -1.63. The van der Waals surface area contributed by atoms with Gasteiger partial charge in [0.25, 0.3) is 0 Å². The summed E-state index contributed by atoms with van der Waals surface area (Å²) in [7, 11) is 0. The maximum atomic E-state index is 13.3.